The molecule has 0 bridgehead atoms. The Morgan fingerprint density at radius 2 is 0.379 bits per heavy atom. The zero-order valence-corrected chi connectivity index (χ0v) is 78.4. The van der Waals surface area contributed by atoms with E-state index in [0.717, 1.165) is 133 Å². The lowest BCUT2D eigenvalue weighted by Gasteiger charge is -2.11. The first-order chi connectivity index (χ1) is 72.0. The number of fused-ring (bicyclic) bond motifs is 32. The first kappa shape index (κ1) is 81.5. The van der Waals surface area contributed by atoms with Crippen molar-refractivity contribution in [1.82, 2.24) is 27.4 Å². The summed E-state index contributed by atoms with van der Waals surface area (Å²) in [6.07, 6.45) is 0. The fourth-order valence-corrected chi connectivity index (χ4v) is 23.8. The van der Waals surface area contributed by atoms with E-state index in [9.17, 15) is 0 Å². The molecule has 0 fully saturated rings. The zero-order chi connectivity index (χ0) is 95.0. The van der Waals surface area contributed by atoms with E-state index in [-0.39, 0.29) is 0 Å². The molecule has 0 saturated carbocycles. The van der Waals surface area contributed by atoms with Crippen molar-refractivity contribution in [3.8, 4) is 78.6 Å². The largest absolute Gasteiger partial charge is 0.455 e. The number of benzene rings is 23. The van der Waals surface area contributed by atoms with Crippen LogP contribution in [-0.4, -0.2) is 27.4 Å². The molecule has 32 rings (SSSR count). The summed E-state index contributed by atoms with van der Waals surface area (Å²) in [5.74, 6) is 0. The summed E-state index contributed by atoms with van der Waals surface area (Å²) in [5.41, 5.74) is 36.0. The number of para-hydroxylation sites is 13. The van der Waals surface area contributed by atoms with E-state index >= 15 is 0 Å². The molecule has 9 nitrogen and oxygen atoms in total. The van der Waals surface area contributed by atoms with Crippen LogP contribution in [0.2, 0.25) is 0 Å². The van der Waals surface area contributed by atoms with E-state index in [4.69, 9.17) is 13.3 Å². The van der Waals surface area contributed by atoms with E-state index in [2.05, 4.69) is 501 Å². The molecule has 9 aromatic heterocycles. The third-order valence-electron chi connectivity index (χ3n) is 30.2. The normalized spacial score (nSPS) is 12.0. The van der Waals surface area contributed by atoms with E-state index in [0.29, 0.717) is 0 Å². The molecule has 145 heavy (non-hydrogen) atoms. The number of hydrogen-bond acceptors (Lipinski definition) is 3. The highest BCUT2D eigenvalue weighted by atomic mass is 16.3. The smallest absolute Gasteiger partial charge is 0.143 e. The van der Waals surface area contributed by atoms with Crippen LogP contribution in [0.1, 0.15) is 0 Å². The minimum absolute atomic E-state index is 0.915. The van der Waals surface area contributed by atoms with Crippen molar-refractivity contribution in [3.63, 3.8) is 0 Å². The lowest BCUT2D eigenvalue weighted by Crippen LogP contribution is -1.95. The molecule has 0 aliphatic carbocycles. The van der Waals surface area contributed by atoms with Gasteiger partial charge in [0.2, 0.25) is 0 Å². The molecule has 32 aromatic rings. The van der Waals surface area contributed by atoms with Gasteiger partial charge < -0.3 is 40.7 Å². The molecule has 23 aromatic carbocycles. The predicted molar refractivity (Wildman–Crippen MR) is 606 cm³/mol. The van der Waals surface area contributed by atoms with E-state index < -0.39 is 0 Å². The molecule has 0 N–H and O–H groups in total. The summed E-state index contributed by atoms with van der Waals surface area (Å²) >= 11 is 0. The number of furan rings is 3. The van der Waals surface area contributed by atoms with Crippen molar-refractivity contribution in [2.75, 3.05) is 0 Å². The summed E-state index contributed by atoms with van der Waals surface area (Å²) in [5, 5.41) is 24.4. The van der Waals surface area contributed by atoms with Crippen molar-refractivity contribution < 1.29 is 13.3 Å². The van der Waals surface area contributed by atoms with Crippen LogP contribution < -0.4 is 0 Å². The third-order valence-corrected chi connectivity index (χ3v) is 30.2. The summed E-state index contributed by atoms with van der Waals surface area (Å²) in [7, 11) is 0. The second-order valence-corrected chi connectivity index (χ2v) is 37.9. The second kappa shape index (κ2) is 32.6. The fraction of sp³-hybridized carbons (Fsp3) is 0. The van der Waals surface area contributed by atoms with E-state index in [1.807, 2.05) is 36.4 Å². The van der Waals surface area contributed by atoms with E-state index in [1.54, 1.807) is 0 Å². The van der Waals surface area contributed by atoms with Crippen LogP contribution in [0.15, 0.2) is 523 Å². The molecule has 0 spiro atoms. The number of rotatable bonds is 10. The van der Waals surface area contributed by atoms with Gasteiger partial charge in [0.15, 0.2) is 0 Å². The van der Waals surface area contributed by atoms with Crippen molar-refractivity contribution in [3.05, 3.63) is 510 Å². The Hall–Kier alpha value is -19.5. The maximum Gasteiger partial charge on any atom is 0.143 e. The highest BCUT2D eigenvalue weighted by Crippen LogP contribution is 2.50. The van der Waals surface area contributed by atoms with Gasteiger partial charge >= 0.3 is 0 Å². The average Bonchev–Trinajstić information content (AvgIpc) is 1.54. The van der Waals surface area contributed by atoms with Crippen LogP contribution in [-0.2, 0) is 0 Å². The topological polar surface area (TPSA) is 69.0 Å². The Morgan fingerprint density at radius 1 is 0.124 bits per heavy atom. The van der Waals surface area contributed by atoms with Gasteiger partial charge in [-0.15, -0.1) is 0 Å². The molecule has 0 amide bonds. The van der Waals surface area contributed by atoms with Gasteiger partial charge in [-0.1, -0.05) is 370 Å². The molecule has 0 aliphatic rings. The third kappa shape index (κ3) is 12.6. The molecule has 0 saturated heterocycles. The highest BCUT2D eigenvalue weighted by Gasteiger charge is 2.28. The first-order valence-corrected chi connectivity index (χ1v) is 49.6. The average molecular weight is 1850 g/mol. The van der Waals surface area contributed by atoms with Gasteiger partial charge in [0, 0.05) is 153 Å². The van der Waals surface area contributed by atoms with Crippen LogP contribution in [0.3, 0.4) is 0 Å². The summed E-state index contributed by atoms with van der Waals surface area (Å²) in [4.78, 5) is 0. The SMILES string of the molecule is c1ccc(-c2ccc(-n3c4ccccc4c4ccc5c(c6ccccc6n5-c5ccc(-c6cccc7c6oc6ccccc67)cc5)c43)cc2)cc1.c1ccc(-n2c3ccc4c5ccccc5n(-c5ccc(-c6cccc7c6oc6ccccc67)cc5)c4c3c3ccc4ccccc4c32)cc1.c1ccc(-n2c3ccccc3c3ccc4c(c5ccccc5n4-c4ccc(-c5cccc6c5oc5ccccc56)cc4)c32)cc1. The van der Waals surface area contributed by atoms with Crippen LogP contribution in [0.4, 0.5) is 0 Å². The van der Waals surface area contributed by atoms with Crippen molar-refractivity contribution >= 4 is 207 Å². The molecule has 0 unspecified atom stereocenters. The van der Waals surface area contributed by atoms with Gasteiger partial charge in [-0.3, -0.25) is 0 Å². The molecule has 9 heterocycles. The molecule has 0 radical (unpaired) electrons. The van der Waals surface area contributed by atoms with Crippen molar-refractivity contribution in [2.24, 2.45) is 0 Å². The minimum Gasteiger partial charge on any atom is -0.455 e. The first-order valence-electron chi connectivity index (χ1n) is 49.6. The summed E-state index contributed by atoms with van der Waals surface area (Å²) in [6, 6.07) is 183. The van der Waals surface area contributed by atoms with E-state index in [1.165, 1.54) is 153 Å². The van der Waals surface area contributed by atoms with Gasteiger partial charge in [-0.05, 0) is 173 Å². The molecular weight excluding hydrogens is 1770 g/mol. The maximum absolute atomic E-state index is 6.41. The molecule has 676 valence electrons. The van der Waals surface area contributed by atoms with Crippen molar-refractivity contribution in [1.29, 1.82) is 0 Å². The lowest BCUT2D eigenvalue weighted by atomic mass is 10.0. The zero-order valence-electron chi connectivity index (χ0n) is 78.4. The molecule has 9 heteroatoms. The van der Waals surface area contributed by atoms with Gasteiger partial charge in [0.1, 0.15) is 33.5 Å². The predicted octanol–water partition coefficient (Wildman–Crippen LogP) is 37.2. The second-order valence-electron chi connectivity index (χ2n) is 37.9. The number of hydrogen-bond donors (Lipinski definition) is 0. The molecule has 0 atom stereocenters. The lowest BCUT2D eigenvalue weighted by molar-refractivity contribution is 0.669. The molecular formula is C136H84N6O3. The number of aromatic nitrogens is 6. The van der Waals surface area contributed by atoms with Crippen molar-refractivity contribution in [2.45, 2.75) is 0 Å². The van der Waals surface area contributed by atoms with Crippen LogP contribution in [0.5, 0.6) is 0 Å². The molecule has 0 aliphatic heterocycles. The quantitative estimate of drug-likeness (QED) is 0.137. The maximum atomic E-state index is 6.41. The Kier molecular flexibility index (Phi) is 18.3. The Balaban J connectivity index is 0.000000101. The van der Waals surface area contributed by atoms with Gasteiger partial charge in [-0.2, -0.15) is 0 Å². The fourth-order valence-electron chi connectivity index (χ4n) is 23.8. The summed E-state index contributed by atoms with van der Waals surface area (Å²) < 4.78 is 33.8. The van der Waals surface area contributed by atoms with Gasteiger partial charge in [-0.25, -0.2) is 0 Å². The van der Waals surface area contributed by atoms with Gasteiger partial charge in [0.05, 0.1) is 66.2 Å². The van der Waals surface area contributed by atoms with Crippen LogP contribution in [0, 0.1) is 0 Å². The Labute approximate surface area is 830 Å². The number of nitrogens with zero attached hydrogens (tertiary/aromatic N) is 6. The van der Waals surface area contributed by atoms with Crippen LogP contribution in [0.25, 0.3) is 286 Å². The van der Waals surface area contributed by atoms with Gasteiger partial charge in [0.25, 0.3) is 0 Å². The minimum atomic E-state index is 0.915. The Bertz CT molecular complexity index is 10900. The highest BCUT2D eigenvalue weighted by molar-refractivity contribution is 6.31. The van der Waals surface area contributed by atoms with Crippen LogP contribution >= 0.6 is 0 Å². The summed E-state index contributed by atoms with van der Waals surface area (Å²) in [6.45, 7) is 0. The monoisotopic (exact) mass is 1850 g/mol. The standard InChI is InChI=1S/C48H30N2O.C46H28N2O.C42H26N2O/c1-2-11-31(12-3-1)32-21-25-35(26-22-32)50-42-18-7-4-13-37(42)39-29-30-44-46(47(39)50)41-15-5-8-19-43(41)49(44)34-27-23-33(24-28-34)36-16-10-17-40-38-14-6-9-20-45(38)51-48(36)40;1-2-12-31(13-3-1)48-41-28-27-37-35-15-6-8-19-40(35)47(45(37)43(41)39-26-23-29-11-4-5-14-33(29)44(39)48)32-24-21-30(22-25-32)34-17-10-18-38-36-16-7-9-20-42(36)49-46(34)38;1-2-11-28(12-3-1)44-36-18-7-4-13-31(36)33-25-26-38-40(41(33)44)35-15-5-8-19-37(35)43(38)29-23-21-27(22-24-29)30-16-10-17-34-32-14-6-9-20-39(32)45-42(30)34/h1-30H;1-28H;1-26H. The Morgan fingerprint density at radius 3 is 0.759 bits per heavy atom.